The molecule has 1 heteroatoms. The fourth-order valence-electron chi connectivity index (χ4n) is 3.66. The van der Waals surface area contributed by atoms with Gasteiger partial charge in [-0.2, -0.15) is 0 Å². The first-order valence-electron chi connectivity index (χ1n) is 11.3. The highest BCUT2D eigenvalue weighted by atomic mass is 15.1. The van der Waals surface area contributed by atoms with Gasteiger partial charge < -0.3 is 4.90 Å². The van der Waals surface area contributed by atoms with E-state index in [0.717, 1.165) is 6.54 Å². The van der Waals surface area contributed by atoms with E-state index in [0.29, 0.717) is 0 Å². The molecule has 148 valence electrons. The minimum absolute atomic E-state index is 1.10. The number of unbranched alkanes of at least 4 members (excludes halogenated alkanes) is 8. The summed E-state index contributed by atoms with van der Waals surface area (Å²) >= 11 is 0. The minimum atomic E-state index is 1.10. The monoisotopic (exact) mass is 365 g/mol. The Labute approximate surface area is 167 Å². The minimum Gasteiger partial charge on any atom is -0.341 e. The lowest BCUT2D eigenvalue weighted by Crippen LogP contribution is -2.18. The van der Waals surface area contributed by atoms with E-state index >= 15 is 0 Å². The SMILES string of the molecule is CCCCCCCc1ccc(N(CCCCCCC)c2ccccc2)cc1. The Morgan fingerprint density at radius 1 is 0.556 bits per heavy atom. The number of hydrogen-bond acceptors (Lipinski definition) is 1. The van der Waals surface area contributed by atoms with Gasteiger partial charge >= 0.3 is 0 Å². The van der Waals surface area contributed by atoms with E-state index in [1.807, 2.05) is 0 Å². The molecule has 2 aromatic carbocycles. The summed E-state index contributed by atoms with van der Waals surface area (Å²) in [5.74, 6) is 0. The largest absolute Gasteiger partial charge is 0.341 e. The highest BCUT2D eigenvalue weighted by molar-refractivity contribution is 5.63. The summed E-state index contributed by atoms with van der Waals surface area (Å²) in [5.41, 5.74) is 4.11. The lowest BCUT2D eigenvalue weighted by molar-refractivity contribution is 0.631. The number of aryl methyl sites for hydroxylation is 1. The quantitative estimate of drug-likeness (QED) is 0.304. The fraction of sp³-hybridized carbons (Fsp3) is 0.538. The van der Waals surface area contributed by atoms with Crippen molar-refractivity contribution in [2.75, 3.05) is 11.4 Å². The van der Waals surface area contributed by atoms with Crippen LogP contribution in [0.2, 0.25) is 0 Å². The van der Waals surface area contributed by atoms with Crippen molar-refractivity contribution < 1.29 is 0 Å². The van der Waals surface area contributed by atoms with Crippen molar-refractivity contribution >= 4 is 11.4 Å². The van der Waals surface area contributed by atoms with E-state index in [-0.39, 0.29) is 0 Å². The molecule has 0 aliphatic rings. The van der Waals surface area contributed by atoms with Crippen molar-refractivity contribution in [3.05, 3.63) is 60.2 Å². The van der Waals surface area contributed by atoms with Crippen LogP contribution in [0.4, 0.5) is 11.4 Å². The van der Waals surface area contributed by atoms with Crippen LogP contribution in [0.1, 0.15) is 83.6 Å². The molecule has 0 bridgehead atoms. The Kier molecular flexibility index (Phi) is 10.7. The molecule has 0 amide bonds. The van der Waals surface area contributed by atoms with Crippen LogP contribution in [-0.2, 0) is 6.42 Å². The van der Waals surface area contributed by atoms with Gasteiger partial charge in [-0.05, 0) is 49.1 Å². The zero-order valence-corrected chi connectivity index (χ0v) is 17.6. The van der Waals surface area contributed by atoms with Gasteiger partial charge in [-0.3, -0.25) is 0 Å². The first kappa shape index (κ1) is 21.5. The van der Waals surface area contributed by atoms with Crippen LogP contribution in [0.15, 0.2) is 54.6 Å². The van der Waals surface area contributed by atoms with Gasteiger partial charge in [0.1, 0.15) is 0 Å². The van der Waals surface area contributed by atoms with E-state index in [2.05, 4.69) is 73.3 Å². The molecule has 0 saturated carbocycles. The Balaban J connectivity index is 1.93. The van der Waals surface area contributed by atoms with E-state index in [9.17, 15) is 0 Å². The second-order valence-electron chi connectivity index (χ2n) is 7.73. The third-order valence-corrected chi connectivity index (χ3v) is 5.37. The summed E-state index contributed by atoms with van der Waals surface area (Å²) in [5, 5.41) is 0. The normalized spacial score (nSPS) is 10.9. The summed E-state index contributed by atoms with van der Waals surface area (Å²) in [6, 6.07) is 20.2. The molecule has 2 aromatic rings. The zero-order chi connectivity index (χ0) is 19.2. The standard InChI is InChI=1S/C26H39N/c1-3-5-7-9-12-16-24-19-21-26(22-20-24)27(23-15-10-8-6-4-2)25-17-13-11-14-18-25/h11,13-14,17-22H,3-10,12,15-16,23H2,1-2H3. The summed E-state index contributed by atoms with van der Waals surface area (Å²) in [4.78, 5) is 2.48. The van der Waals surface area contributed by atoms with Crippen molar-refractivity contribution in [1.82, 2.24) is 0 Å². The van der Waals surface area contributed by atoms with Gasteiger partial charge in [0.25, 0.3) is 0 Å². The smallest absolute Gasteiger partial charge is 0.0410 e. The van der Waals surface area contributed by atoms with E-state index < -0.39 is 0 Å². The Hall–Kier alpha value is -1.76. The van der Waals surface area contributed by atoms with Crippen molar-refractivity contribution in [2.45, 2.75) is 84.5 Å². The second kappa shape index (κ2) is 13.4. The van der Waals surface area contributed by atoms with Crippen LogP contribution in [0.25, 0.3) is 0 Å². The topological polar surface area (TPSA) is 3.24 Å². The maximum absolute atomic E-state index is 2.48. The molecule has 0 radical (unpaired) electrons. The molecule has 0 aromatic heterocycles. The number of hydrogen-bond donors (Lipinski definition) is 0. The molecule has 27 heavy (non-hydrogen) atoms. The lowest BCUT2D eigenvalue weighted by Gasteiger charge is -2.25. The van der Waals surface area contributed by atoms with E-state index in [1.54, 1.807) is 0 Å². The van der Waals surface area contributed by atoms with Gasteiger partial charge in [-0.1, -0.05) is 95.5 Å². The maximum atomic E-state index is 2.48. The number of benzene rings is 2. The number of para-hydroxylation sites is 1. The van der Waals surface area contributed by atoms with Gasteiger partial charge in [0.15, 0.2) is 0 Å². The first-order valence-corrected chi connectivity index (χ1v) is 11.3. The van der Waals surface area contributed by atoms with Crippen LogP contribution < -0.4 is 4.90 Å². The van der Waals surface area contributed by atoms with Crippen molar-refractivity contribution in [1.29, 1.82) is 0 Å². The molecule has 0 aliphatic heterocycles. The highest BCUT2D eigenvalue weighted by Crippen LogP contribution is 2.26. The molecule has 0 heterocycles. The van der Waals surface area contributed by atoms with Crippen molar-refractivity contribution in [3.8, 4) is 0 Å². The molecule has 0 fully saturated rings. The molecule has 0 N–H and O–H groups in total. The number of rotatable bonds is 14. The Morgan fingerprint density at radius 2 is 1.11 bits per heavy atom. The predicted octanol–water partition coefficient (Wildman–Crippen LogP) is 8.31. The summed E-state index contributed by atoms with van der Waals surface area (Å²) in [6.45, 7) is 5.66. The Bertz CT molecular complexity index is 587. The van der Waals surface area contributed by atoms with E-state index in [4.69, 9.17) is 0 Å². The van der Waals surface area contributed by atoms with Crippen LogP contribution >= 0.6 is 0 Å². The molecule has 0 unspecified atom stereocenters. The molecular weight excluding hydrogens is 326 g/mol. The number of nitrogens with zero attached hydrogens (tertiary/aromatic N) is 1. The summed E-state index contributed by atoms with van der Waals surface area (Å²) < 4.78 is 0. The van der Waals surface area contributed by atoms with Gasteiger partial charge in [0.2, 0.25) is 0 Å². The molecule has 1 nitrogen and oxygen atoms in total. The maximum Gasteiger partial charge on any atom is 0.0410 e. The molecule has 0 atom stereocenters. The van der Waals surface area contributed by atoms with Gasteiger partial charge in [0.05, 0.1) is 0 Å². The van der Waals surface area contributed by atoms with Gasteiger partial charge in [0, 0.05) is 17.9 Å². The third-order valence-electron chi connectivity index (χ3n) is 5.37. The van der Waals surface area contributed by atoms with Gasteiger partial charge in [-0.25, -0.2) is 0 Å². The average Bonchev–Trinajstić information content (AvgIpc) is 2.72. The molecule has 0 aliphatic carbocycles. The molecule has 2 rings (SSSR count). The van der Waals surface area contributed by atoms with E-state index in [1.165, 1.54) is 87.6 Å². The van der Waals surface area contributed by atoms with Crippen LogP contribution in [-0.4, -0.2) is 6.54 Å². The van der Waals surface area contributed by atoms with Gasteiger partial charge in [-0.15, -0.1) is 0 Å². The lowest BCUT2D eigenvalue weighted by atomic mass is 10.0. The zero-order valence-electron chi connectivity index (χ0n) is 17.6. The molecule has 0 spiro atoms. The Morgan fingerprint density at radius 3 is 1.74 bits per heavy atom. The van der Waals surface area contributed by atoms with Crippen LogP contribution in [0.5, 0.6) is 0 Å². The van der Waals surface area contributed by atoms with Crippen LogP contribution in [0, 0.1) is 0 Å². The third kappa shape index (κ3) is 8.20. The fourth-order valence-corrected chi connectivity index (χ4v) is 3.66. The average molecular weight is 366 g/mol. The van der Waals surface area contributed by atoms with Crippen LogP contribution in [0.3, 0.4) is 0 Å². The molecular formula is C26H39N. The van der Waals surface area contributed by atoms with Crippen molar-refractivity contribution in [3.63, 3.8) is 0 Å². The van der Waals surface area contributed by atoms with Crippen molar-refractivity contribution in [2.24, 2.45) is 0 Å². The summed E-state index contributed by atoms with van der Waals surface area (Å²) in [6.07, 6.45) is 14.6. The first-order chi connectivity index (χ1) is 13.3. The number of anilines is 2. The second-order valence-corrected chi connectivity index (χ2v) is 7.73. The summed E-state index contributed by atoms with van der Waals surface area (Å²) in [7, 11) is 0. The highest BCUT2D eigenvalue weighted by Gasteiger charge is 2.09. The molecule has 0 saturated heterocycles. The predicted molar refractivity (Wildman–Crippen MR) is 121 cm³/mol.